The molecule has 2 aromatic rings. The van der Waals surface area contributed by atoms with Crippen LogP contribution < -0.4 is 9.63 Å². The number of benzene rings is 1. The lowest BCUT2D eigenvalue weighted by Gasteiger charge is -2.31. The van der Waals surface area contributed by atoms with Gasteiger partial charge in [-0.25, -0.2) is 4.98 Å². The summed E-state index contributed by atoms with van der Waals surface area (Å²) in [4.78, 5) is 8.72. The first-order chi connectivity index (χ1) is 9.15. The second-order valence-corrected chi connectivity index (χ2v) is 4.94. The van der Waals surface area contributed by atoms with Crippen LogP contribution in [0.3, 0.4) is 0 Å². The van der Waals surface area contributed by atoms with Crippen molar-refractivity contribution < 1.29 is 4.73 Å². The lowest BCUT2D eigenvalue weighted by atomic mass is 10.1. The average Bonchev–Trinajstić information content (AvgIpc) is 2.41. The van der Waals surface area contributed by atoms with Crippen LogP contribution in [0.1, 0.15) is 5.69 Å². The van der Waals surface area contributed by atoms with Crippen LogP contribution in [0.5, 0.6) is 0 Å². The van der Waals surface area contributed by atoms with Crippen molar-refractivity contribution in [1.82, 2.24) is 9.88 Å². The third-order valence-corrected chi connectivity index (χ3v) is 3.29. The Morgan fingerprint density at radius 1 is 1.21 bits per heavy atom. The Kier molecular flexibility index (Phi) is 2.83. The van der Waals surface area contributed by atoms with E-state index in [1.54, 1.807) is 6.20 Å². The van der Waals surface area contributed by atoms with Gasteiger partial charge in [0.25, 0.3) is 0 Å². The number of aromatic nitrogens is 2. The fraction of sp³-hybridized carbons (Fsp3) is 0.286. The van der Waals surface area contributed by atoms with Crippen LogP contribution in [0.2, 0.25) is 0 Å². The van der Waals surface area contributed by atoms with Crippen molar-refractivity contribution in [3.8, 4) is 11.3 Å². The molecule has 5 heteroatoms. The van der Waals surface area contributed by atoms with Gasteiger partial charge in [-0.1, -0.05) is 30.3 Å². The molecule has 0 spiro atoms. The number of anilines is 1. The van der Waals surface area contributed by atoms with Gasteiger partial charge in [0.05, 0.1) is 13.2 Å². The Bertz CT molecular complexity index is 600. The van der Waals surface area contributed by atoms with Crippen LogP contribution in [-0.2, 0) is 6.54 Å². The van der Waals surface area contributed by atoms with Gasteiger partial charge in [0.15, 0.2) is 0 Å². The Morgan fingerprint density at radius 2 is 1.95 bits per heavy atom. The highest BCUT2D eigenvalue weighted by Crippen LogP contribution is 2.24. The van der Waals surface area contributed by atoms with E-state index in [2.05, 4.69) is 9.88 Å². The fourth-order valence-electron chi connectivity index (χ4n) is 2.42. The van der Waals surface area contributed by atoms with Gasteiger partial charge in [-0.3, -0.25) is 4.90 Å². The van der Waals surface area contributed by atoms with Crippen LogP contribution >= 0.6 is 0 Å². The minimum atomic E-state index is 0.630. The Labute approximate surface area is 112 Å². The van der Waals surface area contributed by atoms with Gasteiger partial charge in [-0.15, -0.1) is 0 Å². The molecule has 0 saturated heterocycles. The molecule has 3 rings (SSSR count). The quantitative estimate of drug-likeness (QED) is 0.568. The van der Waals surface area contributed by atoms with E-state index in [0.29, 0.717) is 17.9 Å². The van der Waals surface area contributed by atoms with Crippen molar-refractivity contribution in [2.24, 2.45) is 0 Å². The number of hydrogen-bond acceptors (Lipinski definition) is 4. The van der Waals surface area contributed by atoms with Gasteiger partial charge < -0.3 is 10.1 Å². The summed E-state index contributed by atoms with van der Waals surface area (Å²) in [5.74, 6) is 0.773. The maximum atomic E-state index is 12.2. The van der Waals surface area contributed by atoms with Gasteiger partial charge in [0.2, 0.25) is 17.7 Å². The molecule has 0 unspecified atom stereocenters. The summed E-state index contributed by atoms with van der Waals surface area (Å²) in [6.07, 6.45) is 1.56. The van der Waals surface area contributed by atoms with E-state index in [1.807, 2.05) is 49.3 Å². The molecule has 1 aromatic carbocycles. The minimum Gasteiger partial charge on any atom is -0.618 e. The summed E-state index contributed by atoms with van der Waals surface area (Å²) in [7, 11) is 3.95. The molecule has 0 atom stereocenters. The molecule has 1 aromatic heterocycles. The first kappa shape index (κ1) is 11.9. The van der Waals surface area contributed by atoms with Gasteiger partial charge in [0.1, 0.15) is 5.69 Å². The molecular formula is C14H16N4O. The molecule has 0 fully saturated rings. The lowest BCUT2D eigenvalue weighted by molar-refractivity contribution is -0.614. The largest absolute Gasteiger partial charge is 0.618 e. The van der Waals surface area contributed by atoms with E-state index in [4.69, 9.17) is 0 Å². The van der Waals surface area contributed by atoms with Gasteiger partial charge in [-0.2, -0.15) is 4.73 Å². The molecule has 5 nitrogen and oxygen atoms in total. The molecule has 0 aliphatic carbocycles. The van der Waals surface area contributed by atoms with Crippen molar-refractivity contribution in [1.29, 1.82) is 0 Å². The van der Waals surface area contributed by atoms with E-state index < -0.39 is 0 Å². The van der Waals surface area contributed by atoms with E-state index >= 15 is 0 Å². The van der Waals surface area contributed by atoms with E-state index in [0.717, 1.165) is 22.8 Å². The standard InChI is InChI=1S/C14H16N4O/c1-16-9-13-14(17(2)10-16)15-12(8-18(13)19)11-6-4-3-5-7-11/h3-8H,9-10H2,1-2H3. The smallest absolute Gasteiger partial charge is 0.249 e. The molecule has 1 aliphatic heterocycles. The summed E-state index contributed by atoms with van der Waals surface area (Å²) < 4.78 is 0.941. The molecule has 2 heterocycles. The van der Waals surface area contributed by atoms with Crippen molar-refractivity contribution in [3.05, 3.63) is 47.4 Å². The van der Waals surface area contributed by atoms with Crippen molar-refractivity contribution >= 4 is 5.82 Å². The van der Waals surface area contributed by atoms with Gasteiger partial charge in [0, 0.05) is 12.6 Å². The summed E-state index contributed by atoms with van der Waals surface area (Å²) in [5, 5.41) is 12.2. The molecular weight excluding hydrogens is 240 g/mol. The SMILES string of the molecule is CN1Cc2c(nc(-c3ccccc3)c[n+]2[O-])N(C)C1. The first-order valence-electron chi connectivity index (χ1n) is 6.23. The highest BCUT2D eigenvalue weighted by atomic mass is 16.5. The molecule has 19 heavy (non-hydrogen) atoms. The normalized spacial score (nSPS) is 15.4. The molecule has 0 saturated carbocycles. The van der Waals surface area contributed by atoms with Gasteiger partial charge in [-0.05, 0) is 7.05 Å². The molecule has 98 valence electrons. The topological polar surface area (TPSA) is 46.3 Å². The van der Waals surface area contributed by atoms with Crippen molar-refractivity contribution in [2.45, 2.75) is 6.54 Å². The maximum absolute atomic E-state index is 12.2. The molecule has 0 N–H and O–H groups in total. The third kappa shape index (κ3) is 2.13. The second kappa shape index (κ2) is 4.51. The van der Waals surface area contributed by atoms with Gasteiger partial charge >= 0.3 is 0 Å². The van der Waals surface area contributed by atoms with Crippen LogP contribution in [-0.4, -0.2) is 30.6 Å². The van der Waals surface area contributed by atoms with Crippen molar-refractivity contribution in [2.75, 3.05) is 25.7 Å². The minimum absolute atomic E-state index is 0.630. The maximum Gasteiger partial charge on any atom is 0.249 e. The monoisotopic (exact) mass is 256 g/mol. The fourth-order valence-corrected chi connectivity index (χ4v) is 2.42. The predicted octanol–water partition coefficient (Wildman–Crippen LogP) is 1.22. The summed E-state index contributed by atoms with van der Waals surface area (Å²) >= 11 is 0. The summed E-state index contributed by atoms with van der Waals surface area (Å²) in [6.45, 7) is 1.41. The number of nitrogens with zero attached hydrogens (tertiary/aromatic N) is 4. The average molecular weight is 256 g/mol. The highest BCUT2D eigenvalue weighted by molar-refractivity contribution is 5.60. The van der Waals surface area contributed by atoms with E-state index in [1.165, 1.54) is 0 Å². The molecule has 0 bridgehead atoms. The number of rotatable bonds is 1. The molecule has 0 amide bonds. The lowest BCUT2D eigenvalue weighted by Crippen LogP contribution is -2.46. The van der Waals surface area contributed by atoms with E-state index in [-0.39, 0.29) is 0 Å². The molecule has 1 aliphatic rings. The molecule has 0 radical (unpaired) electrons. The zero-order valence-corrected chi connectivity index (χ0v) is 11.1. The Hall–Kier alpha value is -2.14. The van der Waals surface area contributed by atoms with E-state index in [9.17, 15) is 5.21 Å². The zero-order chi connectivity index (χ0) is 13.4. The Morgan fingerprint density at radius 3 is 2.68 bits per heavy atom. The van der Waals surface area contributed by atoms with Crippen LogP contribution in [0.4, 0.5) is 5.82 Å². The van der Waals surface area contributed by atoms with Crippen LogP contribution in [0, 0.1) is 5.21 Å². The third-order valence-electron chi connectivity index (χ3n) is 3.29. The highest BCUT2D eigenvalue weighted by Gasteiger charge is 2.27. The zero-order valence-electron chi connectivity index (χ0n) is 11.1. The predicted molar refractivity (Wildman–Crippen MR) is 73.4 cm³/mol. The number of fused-ring (bicyclic) bond motifs is 1. The summed E-state index contributed by atoms with van der Waals surface area (Å²) in [5.41, 5.74) is 2.38. The first-order valence-corrected chi connectivity index (χ1v) is 6.23. The second-order valence-electron chi connectivity index (χ2n) is 4.94. The summed E-state index contributed by atoms with van der Waals surface area (Å²) in [6, 6.07) is 9.77. The van der Waals surface area contributed by atoms with Crippen LogP contribution in [0.25, 0.3) is 11.3 Å². The number of hydrogen-bond donors (Lipinski definition) is 0. The van der Waals surface area contributed by atoms with Crippen molar-refractivity contribution in [3.63, 3.8) is 0 Å². The van der Waals surface area contributed by atoms with Crippen LogP contribution in [0.15, 0.2) is 36.5 Å². The Balaban J connectivity index is 2.12.